The largest absolute Gasteiger partial charge is 0.396 e. The zero-order valence-corrected chi connectivity index (χ0v) is 10.9. The SMILES string of the molecule is O=[N+]([O-])c1ccc(Cl)c(NC(=S)NCCCO)c1. The van der Waals surface area contributed by atoms with Crippen molar-refractivity contribution >= 4 is 40.3 Å². The monoisotopic (exact) mass is 289 g/mol. The Kier molecular flexibility index (Phi) is 5.76. The fraction of sp³-hybridized carbons (Fsp3) is 0.300. The van der Waals surface area contributed by atoms with E-state index in [1.807, 2.05) is 0 Å². The van der Waals surface area contributed by atoms with Crippen molar-refractivity contribution in [2.24, 2.45) is 0 Å². The molecule has 0 fully saturated rings. The van der Waals surface area contributed by atoms with E-state index in [9.17, 15) is 10.1 Å². The first-order valence-corrected chi connectivity index (χ1v) is 5.93. The molecule has 0 saturated carbocycles. The van der Waals surface area contributed by atoms with Crippen LogP contribution in [0.2, 0.25) is 5.02 Å². The highest BCUT2D eigenvalue weighted by Crippen LogP contribution is 2.26. The highest BCUT2D eigenvalue weighted by atomic mass is 35.5. The van der Waals surface area contributed by atoms with Crippen molar-refractivity contribution in [2.75, 3.05) is 18.5 Å². The first-order valence-electron chi connectivity index (χ1n) is 5.14. The fourth-order valence-corrected chi connectivity index (χ4v) is 1.55. The van der Waals surface area contributed by atoms with Gasteiger partial charge in [-0.05, 0) is 24.7 Å². The van der Waals surface area contributed by atoms with Crippen LogP contribution in [0.1, 0.15) is 6.42 Å². The smallest absolute Gasteiger partial charge is 0.271 e. The van der Waals surface area contributed by atoms with Crippen LogP contribution in [0, 0.1) is 10.1 Å². The van der Waals surface area contributed by atoms with Gasteiger partial charge in [0.25, 0.3) is 5.69 Å². The number of halogens is 1. The van der Waals surface area contributed by atoms with Crippen molar-refractivity contribution in [3.05, 3.63) is 33.3 Å². The summed E-state index contributed by atoms with van der Waals surface area (Å²) in [6, 6.07) is 4.05. The topological polar surface area (TPSA) is 87.4 Å². The molecule has 0 spiro atoms. The lowest BCUT2D eigenvalue weighted by molar-refractivity contribution is -0.384. The molecule has 1 aromatic rings. The van der Waals surface area contributed by atoms with E-state index in [2.05, 4.69) is 10.6 Å². The van der Waals surface area contributed by atoms with E-state index in [0.717, 1.165) is 0 Å². The second kappa shape index (κ2) is 7.10. The van der Waals surface area contributed by atoms with E-state index in [1.165, 1.54) is 18.2 Å². The average Bonchev–Trinajstić information content (AvgIpc) is 2.32. The molecule has 8 heteroatoms. The van der Waals surface area contributed by atoms with Gasteiger partial charge in [0.2, 0.25) is 0 Å². The molecule has 0 heterocycles. The van der Waals surface area contributed by atoms with Crippen molar-refractivity contribution < 1.29 is 10.0 Å². The lowest BCUT2D eigenvalue weighted by Gasteiger charge is -2.11. The summed E-state index contributed by atoms with van der Waals surface area (Å²) in [6.07, 6.45) is 0.560. The predicted molar refractivity (Wildman–Crippen MR) is 74.0 cm³/mol. The Labute approximate surface area is 114 Å². The van der Waals surface area contributed by atoms with Crippen LogP contribution in [0.5, 0.6) is 0 Å². The predicted octanol–water partition coefficient (Wildman–Crippen LogP) is 1.92. The van der Waals surface area contributed by atoms with Gasteiger partial charge in [0.05, 0.1) is 15.6 Å². The van der Waals surface area contributed by atoms with Gasteiger partial charge in [-0.1, -0.05) is 11.6 Å². The molecule has 0 radical (unpaired) electrons. The molecule has 0 aromatic heterocycles. The van der Waals surface area contributed by atoms with Gasteiger partial charge in [-0.25, -0.2) is 0 Å². The summed E-state index contributed by atoms with van der Waals surface area (Å²) in [5.74, 6) is 0. The summed E-state index contributed by atoms with van der Waals surface area (Å²) in [4.78, 5) is 10.1. The molecule has 1 aromatic carbocycles. The summed E-state index contributed by atoms with van der Waals surface area (Å²) in [5, 5.41) is 25.5. The van der Waals surface area contributed by atoms with Crippen molar-refractivity contribution in [3.63, 3.8) is 0 Å². The van der Waals surface area contributed by atoms with Crippen LogP contribution < -0.4 is 10.6 Å². The molecular formula is C10H12ClN3O3S. The second-order valence-electron chi connectivity index (χ2n) is 3.38. The molecule has 0 aliphatic rings. The van der Waals surface area contributed by atoms with E-state index in [1.54, 1.807) is 0 Å². The van der Waals surface area contributed by atoms with Crippen molar-refractivity contribution in [2.45, 2.75) is 6.42 Å². The third-order valence-corrected chi connectivity index (χ3v) is 2.61. The Balaban J connectivity index is 2.68. The highest BCUT2D eigenvalue weighted by molar-refractivity contribution is 7.80. The van der Waals surface area contributed by atoms with Crippen molar-refractivity contribution in [1.29, 1.82) is 0 Å². The molecule has 3 N–H and O–H groups in total. The summed E-state index contributed by atoms with van der Waals surface area (Å²) >= 11 is 10.9. The third kappa shape index (κ3) is 4.44. The number of nitro groups is 1. The van der Waals surface area contributed by atoms with E-state index < -0.39 is 4.92 Å². The number of hydrogen-bond acceptors (Lipinski definition) is 4. The zero-order valence-electron chi connectivity index (χ0n) is 9.35. The first-order chi connectivity index (χ1) is 8.54. The maximum absolute atomic E-state index is 10.6. The number of hydrogen-bond donors (Lipinski definition) is 3. The molecule has 0 unspecified atom stereocenters. The molecule has 6 nitrogen and oxygen atoms in total. The number of aliphatic hydroxyl groups is 1. The lowest BCUT2D eigenvalue weighted by Crippen LogP contribution is -2.29. The normalized spacial score (nSPS) is 9.89. The van der Waals surface area contributed by atoms with Crippen LogP contribution in [0.3, 0.4) is 0 Å². The number of rotatable bonds is 5. The maximum atomic E-state index is 10.6. The lowest BCUT2D eigenvalue weighted by atomic mass is 10.3. The van der Waals surface area contributed by atoms with Crippen LogP contribution in [0.4, 0.5) is 11.4 Å². The van der Waals surface area contributed by atoms with Crippen LogP contribution in [0.15, 0.2) is 18.2 Å². The number of nitro benzene ring substituents is 1. The molecule has 1 rings (SSSR count). The molecule has 0 aliphatic carbocycles. The summed E-state index contributed by atoms with van der Waals surface area (Å²) in [7, 11) is 0. The first kappa shape index (κ1) is 14.6. The molecule has 0 aliphatic heterocycles. The van der Waals surface area contributed by atoms with E-state index in [0.29, 0.717) is 28.8 Å². The number of aliphatic hydroxyl groups excluding tert-OH is 1. The minimum absolute atomic E-state index is 0.0627. The minimum Gasteiger partial charge on any atom is -0.396 e. The molecule has 0 bridgehead atoms. The van der Waals surface area contributed by atoms with Crippen LogP contribution in [-0.4, -0.2) is 28.3 Å². The van der Waals surface area contributed by atoms with E-state index in [4.69, 9.17) is 28.9 Å². The average molecular weight is 290 g/mol. The number of non-ortho nitro benzene ring substituents is 1. The van der Waals surface area contributed by atoms with Crippen LogP contribution in [0.25, 0.3) is 0 Å². The van der Waals surface area contributed by atoms with Gasteiger partial charge < -0.3 is 15.7 Å². The van der Waals surface area contributed by atoms with Gasteiger partial charge in [0, 0.05) is 25.3 Å². The van der Waals surface area contributed by atoms with Crippen molar-refractivity contribution in [1.82, 2.24) is 5.32 Å². The zero-order chi connectivity index (χ0) is 13.5. The standard InChI is InChI=1S/C10H12ClN3O3S/c11-8-3-2-7(14(16)17)6-9(8)13-10(18)12-4-1-5-15/h2-3,6,15H,1,4-5H2,(H2,12,13,18). The molecule has 0 saturated heterocycles. The van der Waals surface area contributed by atoms with Gasteiger partial charge in [0.15, 0.2) is 5.11 Å². The number of thiocarbonyl (C=S) groups is 1. The Hall–Kier alpha value is -1.44. The Morgan fingerprint density at radius 3 is 2.89 bits per heavy atom. The van der Waals surface area contributed by atoms with Crippen LogP contribution >= 0.6 is 23.8 Å². The van der Waals surface area contributed by atoms with Gasteiger partial charge in [0.1, 0.15) is 0 Å². The molecule has 98 valence electrons. The highest BCUT2D eigenvalue weighted by Gasteiger charge is 2.10. The second-order valence-corrected chi connectivity index (χ2v) is 4.19. The number of benzene rings is 1. The van der Waals surface area contributed by atoms with E-state index in [-0.39, 0.29) is 12.3 Å². The third-order valence-electron chi connectivity index (χ3n) is 2.03. The minimum atomic E-state index is -0.510. The van der Waals surface area contributed by atoms with Gasteiger partial charge in [-0.2, -0.15) is 0 Å². The van der Waals surface area contributed by atoms with E-state index >= 15 is 0 Å². The van der Waals surface area contributed by atoms with Gasteiger partial charge >= 0.3 is 0 Å². The summed E-state index contributed by atoms with van der Waals surface area (Å²) < 4.78 is 0. The Morgan fingerprint density at radius 2 is 2.28 bits per heavy atom. The number of nitrogens with zero attached hydrogens (tertiary/aromatic N) is 1. The van der Waals surface area contributed by atoms with Crippen LogP contribution in [-0.2, 0) is 0 Å². The number of anilines is 1. The van der Waals surface area contributed by atoms with Crippen molar-refractivity contribution in [3.8, 4) is 0 Å². The van der Waals surface area contributed by atoms with Gasteiger partial charge in [-0.3, -0.25) is 10.1 Å². The number of nitrogens with one attached hydrogen (secondary N) is 2. The molecule has 0 atom stereocenters. The fourth-order valence-electron chi connectivity index (χ4n) is 1.17. The Bertz CT molecular complexity index is 456. The molecule has 0 amide bonds. The summed E-state index contributed by atoms with van der Waals surface area (Å²) in [6.45, 7) is 0.571. The summed E-state index contributed by atoms with van der Waals surface area (Å²) in [5.41, 5.74) is 0.299. The quantitative estimate of drug-likeness (QED) is 0.332. The molecular weight excluding hydrogens is 278 g/mol. The van der Waals surface area contributed by atoms with Gasteiger partial charge in [-0.15, -0.1) is 0 Å². The maximum Gasteiger partial charge on any atom is 0.271 e. The molecule has 18 heavy (non-hydrogen) atoms. The Morgan fingerprint density at radius 1 is 1.56 bits per heavy atom.